The van der Waals surface area contributed by atoms with Crippen molar-refractivity contribution in [3.63, 3.8) is 0 Å². The first-order valence-electron chi connectivity index (χ1n) is 12.2. The summed E-state index contributed by atoms with van der Waals surface area (Å²) >= 11 is 0. The van der Waals surface area contributed by atoms with Crippen LogP contribution in [-0.2, 0) is 14.1 Å². The molecule has 1 atom stereocenters. The molecule has 4 heterocycles. The van der Waals surface area contributed by atoms with E-state index in [2.05, 4.69) is 5.32 Å². The number of hydrogen-bond donors (Lipinski definition) is 1. The Morgan fingerprint density at radius 2 is 1.53 bits per heavy atom. The maximum Gasteiger partial charge on any atom is 0.331 e. The summed E-state index contributed by atoms with van der Waals surface area (Å²) in [6.07, 6.45) is 1.47. The molecular formula is C30H22N4O4. The van der Waals surface area contributed by atoms with Crippen LogP contribution in [0.25, 0.3) is 38.8 Å². The van der Waals surface area contributed by atoms with Gasteiger partial charge in [0.15, 0.2) is 5.43 Å². The van der Waals surface area contributed by atoms with Crippen molar-refractivity contribution in [2.45, 2.75) is 6.04 Å². The normalized spacial score (nSPS) is 14.3. The van der Waals surface area contributed by atoms with Crippen molar-refractivity contribution < 1.29 is 4.42 Å². The molecule has 0 amide bonds. The fraction of sp³-hybridized carbons (Fsp3) is 0.100. The second kappa shape index (κ2) is 7.94. The van der Waals surface area contributed by atoms with Gasteiger partial charge < -0.3 is 14.3 Å². The molecule has 0 bridgehead atoms. The summed E-state index contributed by atoms with van der Waals surface area (Å²) in [7, 11) is 3.14. The van der Waals surface area contributed by atoms with Crippen molar-refractivity contribution in [3.05, 3.63) is 127 Å². The molecule has 0 aliphatic carbocycles. The zero-order chi connectivity index (χ0) is 26.1. The van der Waals surface area contributed by atoms with Gasteiger partial charge in [-0.2, -0.15) is 0 Å². The third-order valence-electron chi connectivity index (χ3n) is 7.39. The predicted molar refractivity (Wildman–Crippen MR) is 147 cm³/mol. The van der Waals surface area contributed by atoms with E-state index < -0.39 is 17.3 Å². The highest BCUT2D eigenvalue weighted by Gasteiger charge is 2.36. The number of nitrogens with zero attached hydrogens (tertiary/aromatic N) is 3. The van der Waals surface area contributed by atoms with Gasteiger partial charge in [0.2, 0.25) is 0 Å². The summed E-state index contributed by atoms with van der Waals surface area (Å²) < 4.78 is 10.5. The molecule has 0 saturated carbocycles. The Kier molecular flexibility index (Phi) is 4.62. The summed E-state index contributed by atoms with van der Waals surface area (Å²) in [6, 6.07) is 23.8. The van der Waals surface area contributed by atoms with E-state index in [9.17, 15) is 14.4 Å². The number of para-hydroxylation sites is 3. The highest BCUT2D eigenvalue weighted by molar-refractivity contribution is 5.99. The highest BCUT2D eigenvalue weighted by Crippen LogP contribution is 2.45. The van der Waals surface area contributed by atoms with Crippen molar-refractivity contribution in [2.24, 2.45) is 14.1 Å². The summed E-state index contributed by atoms with van der Waals surface area (Å²) in [5.41, 5.74) is 4.02. The molecule has 8 heteroatoms. The van der Waals surface area contributed by atoms with Crippen LogP contribution in [-0.4, -0.2) is 13.7 Å². The SMILES string of the molecule is Cn1c(=O)c2c(-c3ccccc3)n3c(c2n(C)c1=O)[C@H](c1coc2ccccc2c1=O)Nc1ccccc1-3. The Morgan fingerprint density at radius 1 is 0.816 bits per heavy atom. The lowest BCUT2D eigenvalue weighted by molar-refractivity contribution is 0.587. The number of nitrogens with one attached hydrogen (secondary N) is 1. The van der Waals surface area contributed by atoms with Crippen molar-refractivity contribution in [1.82, 2.24) is 13.7 Å². The minimum Gasteiger partial charge on any atom is -0.464 e. The molecule has 1 N–H and O–H groups in total. The van der Waals surface area contributed by atoms with E-state index in [1.807, 2.05) is 65.2 Å². The lowest BCUT2D eigenvalue weighted by atomic mass is 9.99. The molecule has 0 radical (unpaired) electrons. The maximum absolute atomic E-state index is 13.8. The largest absolute Gasteiger partial charge is 0.464 e. The van der Waals surface area contributed by atoms with Crippen LogP contribution in [0, 0.1) is 0 Å². The number of fused-ring (bicyclic) bond motifs is 6. The summed E-state index contributed by atoms with van der Waals surface area (Å²) in [6.45, 7) is 0. The van der Waals surface area contributed by atoms with E-state index in [4.69, 9.17) is 4.42 Å². The van der Waals surface area contributed by atoms with Gasteiger partial charge in [-0.05, 0) is 29.8 Å². The average Bonchev–Trinajstić information content (AvgIpc) is 3.32. The van der Waals surface area contributed by atoms with Crippen LogP contribution >= 0.6 is 0 Å². The van der Waals surface area contributed by atoms with Crippen LogP contribution in [0.2, 0.25) is 0 Å². The van der Waals surface area contributed by atoms with Crippen molar-refractivity contribution in [3.8, 4) is 16.9 Å². The molecule has 0 saturated heterocycles. The highest BCUT2D eigenvalue weighted by atomic mass is 16.3. The smallest absolute Gasteiger partial charge is 0.331 e. The second-order valence-electron chi connectivity index (χ2n) is 9.48. The molecule has 7 rings (SSSR count). The quantitative estimate of drug-likeness (QED) is 0.381. The van der Waals surface area contributed by atoms with Crippen LogP contribution in [0.4, 0.5) is 5.69 Å². The Hall–Kier alpha value is -5.11. The summed E-state index contributed by atoms with van der Waals surface area (Å²) in [4.78, 5) is 40.7. The number of anilines is 1. The van der Waals surface area contributed by atoms with Crippen LogP contribution in [0.5, 0.6) is 0 Å². The monoisotopic (exact) mass is 502 g/mol. The van der Waals surface area contributed by atoms with Crippen LogP contribution in [0.3, 0.4) is 0 Å². The maximum atomic E-state index is 13.8. The van der Waals surface area contributed by atoms with Crippen LogP contribution in [0.1, 0.15) is 17.3 Å². The molecule has 0 spiro atoms. The van der Waals surface area contributed by atoms with Crippen LogP contribution in [0.15, 0.2) is 104 Å². The second-order valence-corrected chi connectivity index (χ2v) is 9.48. The Labute approximate surface area is 215 Å². The van der Waals surface area contributed by atoms with E-state index in [0.29, 0.717) is 38.8 Å². The van der Waals surface area contributed by atoms with Gasteiger partial charge >= 0.3 is 5.69 Å². The van der Waals surface area contributed by atoms with Crippen molar-refractivity contribution in [1.29, 1.82) is 0 Å². The van der Waals surface area contributed by atoms with Gasteiger partial charge in [0.1, 0.15) is 17.9 Å². The minimum atomic E-state index is -0.691. The zero-order valence-electron chi connectivity index (χ0n) is 20.6. The van der Waals surface area contributed by atoms with Crippen LogP contribution < -0.4 is 22.0 Å². The van der Waals surface area contributed by atoms with Gasteiger partial charge in [-0.25, -0.2) is 4.79 Å². The molecule has 6 aromatic rings. The summed E-state index contributed by atoms with van der Waals surface area (Å²) in [5.74, 6) is 0. The number of rotatable bonds is 2. The first kappa shape index (κ1) is 22.1. The molecule has 8 nitrogen and oxygen atoms in total. The van der Waals surface area contributed by atoms with Gasteiger partial charge in [0.25, 0.3) is 5.56 Å². The van der Waals surface area contributed by atoms with Gasteiger partial charge in [-0.3, -0.25) is 18.7 Å². The third kappa shape index (κ3) is 2.88. The van der Waals surface area contributed by atoms with E-state index in [0.717, 1.165) is 21.5 Å². The molecule has 3 aromatic heterocycles. The Balaban J connectivity index is 1.71. The zero-order valence-corrected chi connectivity index (χ0v) is 20.6. The Morgan fingerprint density at radius 3 is 2.34 bits per heavy atom. The fourth-order valence-electron chi connectivity index (χ4n) is 5.61. The minimum absolute atomic E-state index is 0.181. The van der Waals surface area contributed by atoms with Gasteiger partial charge in [0.05, 0.1) is 44.6 Å². The van der Waals surface area contributed by atoms with E-state index in [1.54, 1.807) is 25.2 Å². The first-order valence-corrected chi connectivity index (χ1v) is 12.2. The van der Waals surface area contributed by atoms with E-state index in [-0.39, 0.29) is 5.43 Å². The van der Waals surface area contributed by atoms with E-state index in [1.165, 1.54) is 17.9 Å². The lowest BCUT2D eigenvalue weighted by Gasteiger charge is -2.30. The third-order valence-corrected chi connectivity index (χ3v) is 7.39. The van der Waals surface area contributed by atoms with Gasteiger partial charge in [-0.1, -0.05) is 54.6 Å². The molecule has 38 heavy (non-hydrogen) atoms. The molecule has 1 aliphatic heterocycles. The van der Waals surface area contributed by atoms with Crippen molar-refractivity contribution in [2.75, 3.05) is 5.32 Å². The topological polar surface area (TPSA) is 91.2 Å². The number of benzene rings is 3. The van der Waals surface area contributed by atoms with Crippen molar-refractivity contribution >= 4 is 27.6 Å². The number of aromatic nitrogens is 3. The average molecular weight is 503 g/mol. The molecular weight excluding hydrogens is 480 g/mol. The molecule has 3 aromatic carbocycles. The number of hydrogen-bond acceptors (Lipinski definition) is 5. The standard InChI is InChI=1S/C30H22N4O4/c1-32-26-23(29(36)33(2)30(32)37)25(17-10-4-3-5-11-17)34-21-14-8-7-13-20(21)31-24(27(26)34)19-16-38-22-15-9-6-12-18(22)28(19)35/h3-16,24,31H,1-2H3/t24-/m0/s1. The predicted octanol–water partition coefficient (Wildman–Crippen LogP) is 4.32. The first-order chi connectivity index (χ1) is 18.5. The Bertz CT molecular complexity index is 2100. The number of aryl methyl sites for hydroxylation is 1. The summed E-state index contributed by atoms with van der Waals surface area (Å²) in [5, 5.41) is 4.37. The van der Waals surface area contributed by atoms with Gasteiger partial charge in [0, 0.05) is 14.1 Å². The molecule has 1 aliphatic rings. The van der Waals surface area contributed by atoms with E-state index >= 15 is 0 Å². The molecule has 186 valence electrons. The molecule has 0 fully saturated rings. The molecule has 0 unspecified atom stereocenters. The lowest BCUT2D eigenvalue weighted by Crippen LogP contribution is -2.37. The fourth-order valence-corrected chi connectivity index (χ4v) is 5.61. The van der Waals surface area contributed by atoms with Gasteiger partial charge in [-0.15, -0.1) is 0 Å².